The fourth-order valence-corrected chi connectivity index (χ4v) is 4.06. The lowest BCUT2D eigenvalue weighted by Crippen LogP contribution is -1.98. The molecular weight excluding hydrogens is 414 g/mol. The van der Waals surface area contributed by atoms with Gasteiger partial charge in [0.15, 0.2) is 5.76 Å². The number of Topliss-reactive ketones (excluding diaryl/α,β-unsaturated/α-hetero) is 1. The molecule has 0 aliphatic carbocycles. The van der Waals surface area contributed by atoms with Crippen molar-refractivity contribution in [3.05, 3.63) is 94.9 Å². The molecule has 0 amide bonds. The van der Waals surface area contributed by atoms with E-state index in [4.69, 9.17) is 14.2 Å². The van der Waals surface area contributed by atoms with Crippen molar-refractivity contribution < 1.29 is 19.0 Å². The molecule has 166 valence electrons. The Bertz CT molecular complexity index is 1380. The average molecular weight is 440 g/mol. The van der Waals surface area contributed by atoms with Crippen LogP contribution < -0.4 is 14.2 Å². The summed E-state index contributed by atoms with van der Waals surface area (Å²) < 4.78 is 19.4. The Hall–Kier alpha value is -3.99. The Morgan fingerprint density at radius 2 is 1.79 bits per heavy atom. The minimum absolute atomic E-state index is 0.129. The molecule has 0 atom stereocenters. The Labute approximate surface area is 192 Å². The van der Waals surface area contributed by atoms with Gasteiger partial charge >= 0.3 is 0 Å². The zero-order valence-electron chi connectivity index (χ0n) is 18.9. The Balaban J connectivity index is 1.41. The fraction of sp³-hybridized carbons (Fsp3) is 0.179. The summed E-state index contributed by atoms with van der Waals surface area (Å²) >= 11 is 0. The van der Waals surface area contributed by atoms with Crippen molar-refractivity contribution in [2.45, 2.75) is 27.0 Å². The van der Waals surface area contributed by atoms with Crippen LogP contribution in [0.5, 0.6) is 17.2 Å². The highest BCUT2D eigenvalue weighted by Gasteiger charge is 2.28. The molecule has 0 saturated carbocycles. The van der Waals surface area contributed by atoms with E-state index < -0.39 is 0 Å². The van der Waals surface area contributed by atoms with E-state index in [0.29, 0.717) is 29.4 Å². The first kappa shape index (κ1) is 20.9. The first-order valence-corrected chi connectivity index (χ1v) is 11.0. The lowest BCUT2D eigenvalue weighted by Gasteiger charge is -2.07. The molecular formula is C28H25NO4. The van der Waals surface area contributed by atoms with Gasteiger partial charge in [-0.2, -0.15) is 0 Å². The zero-order chi connectivity index (χ0) is 22.9. The lowest BCUT2D eigenvalue weighted by atomic mass is 10.1. The summed E-state index contributed by atoms with van der Waals surface area (Å²) in [6, 6.07) is 19.5. The highest BCUT2D eigenvalue weighted by molar-refractivity contribution is 6.15. The van der Waals surface area contributed by atoms with Gasteiger partial charge in [-0.05, 0) is 55.8 Å². The summed E-state index contributed by atoms with van der Waals surface area (Å²) in [5.41, 5.74) is 4.84. The van der Waals surface area contributed by atoms with E-state index in [1.54, 1.807) is 19.2 Å². The van der Waals surface area contributed by atoms with Crippen molar-refractivity contribution in [2.75, 3.05) is 7.11 Å². The van der Waals surface area contributed by atoms with Gasteiger partial charge in [0.05, 0.1) is 12.7 Å². The van der Waals surface area contributed by atoms with Gasteiger partial charge in [-0.15, -0.1) is 0 Å². The molecule has 4 aromatic rings. The van der Waals surface area contributed by atoms with Crippen molar-refractivity contribution in [1.29, 1.82) is 0 Å². The number of aromatic nitrogens is 1. The summed E-state index contributed by atoms with van der Waals surface area (Å²) in [7, 11) is 1.65. The first-order valence-electron chi connectivity index (χ1n) is 11.0. The van der Waals surface area contributed by atoms with Gasteiger partial charge < -0.3 is 18.8 Å². The summed E-state index contributed by atoms with van der Waals surface area (Å²) in [5, 5.41) is 1.01. The van der Waals surface area contributed by atoms with Crippen LogP contribution in [0.25, 0.3) is 17.0 Å². The average Bonchev–Trinajstić information content (AvgIpc) is 3.35. The topological polar surface area (TPSA) is 49.7 Å². The SMILES string of the molecule is CCn1cc(C=C2Oc3cc(OCc4ccc(C)cc4)ccc3C2=O)c2cc(OC)ccc21. The number of benzene rings is 3. The second kappa shape index (κ2) is 8.51. The lowest BCUT2D eigenvalue weighted by molar-refractivity contribution is 0.101. The molecule has 5 rings (SSSR count). The van der Waals surface area contributed by atoms with Crippen molar-refractivity contribution in [1.82, 2.24) is 4.57 Å². The Morgan fingerprint density at radius 3 is 2.55 bits per heavy atom. The predicted octanol–water partition coefficient (Wildman–Crippen LogP) is 6.17. The second-order valence-corrected chi connectivity index (χ2v) is 8.13. The molecule has 5 heteroatoms. The molecule has 0 unspecified atom stereocenters. The molecule has 0 saturated heterocycles. The molecule has 0 radical (unpaired) electrons. The van der Waals surface area contributed by atoms with E-state index in [-0.39, 0.29) is 5.78 Å². The van der Waals surface area contributed by atoms with Crippen molar-refractivity contribution in [2.24, 2.45) is 0 Å². The van der Waals surface area contributed by atoms with Crippen molar-refractivity contribution in [3.63, 3.8) is 0 Å². The maximum Gasteiger partial charge on any atom is 0.231 e. The van der Waals surface area contributed by atoms with Crippen LogP contribution in [0.2, 0.25) is 0 Å². The molecule has 0 fully saturated rings. The van der Waals surface area contributed by atoms with Crippen molar-refractivity contribution >= 4 is 22.8 Å². The van der Waals surface area contributed by atoms with Gasteiger partial charge in [0, 0.05) is 35.3 Å². The van der Waals surface area contributed by atoms with Gasteiger partial charge in [-0.1, -0.05) is 29.8 Å². The molecule has 3 aromatic carbocycles. The van der Waals surface area contributed by atoms with Gasteiger partial charge in [-0.25, -0.2) is 0 Å². The van der Waals surface area contributed by atoms with Crippen molar-refractivity contribution in [3.8, 4) is 17.2 Å². The van der Waals surface area contributed by atoms with Crippen LogP contribution in [0.15, 0.2) is 72.6 Å². The highest BCUT2D eigenvalue weighted by Crippen LogP contribution is 2.36. The van der Waals surface area contributed by atoms with Crippen LogP contribution in [0, 0.1) is 6.92 Å². The number of allylic oxidation sites excluding steroid dienone is 1. The van der Waals surface area contributed by atoms with E-state index in [2.05, 4.69) is 30.5 Å². The molecule has 0 spiro atoms. The molecule has 5 nitrogen and oxygen atoms in total. The standard InChI is InChI=1S/C28H25NO4/c1-4-29-16-20(24-14-21(31-3)10-12-25(24)29)13-27-28(30)23-11-9-22(15-26(23)33-27)32-17-19-7-5-18(2)6-8-19/h5-16H,4,17H2,1-3H3. The van der Waals surface area contributed by atoms with E-state index >= 15 is 0 Å². The summed E-state index contributed by atoms with van der Waals surface area (Å²) in [4.78, 5) is 13.0. The number of hydrogen-bond donors (Lipinski definition) is 0. The summed E-state index contributed by atoms with van der Waals surface area (Å²) in [6.07, 6.45) is 3.84. The number of aryl methyl sites for hydroxylation is 2. The van der Waals surface area contributed by atoms with Gasteiger partial charge in [0.1, 0.15) is 23.9 Å². The molecule has 0 bridgehead atoms. The van der Waals surface area contributed by atoms with Crippen LogP contribution in [0.3, 0.4) is 0 Å². The quantitative estimate of drug-likeness (QED) is 0.337. The normalized spacial score (nSPS) is 13.9. The van der Waals surface area contributed by atoms with Gasteiger partial charge in [-0.3, -0.25) is 4.79 Å². The number of hydrogen-bond acceptors (Lipinski definition) is 4. The third kappa shape index (κ3) is 3.98. The number of rotatable bonds is 6. The smallest absolute Gasteiger partial charge is 0.231 e. The van der Waals surface area contributed by atoms with Gasteiger partial charge in [0.25, 0.3) is 0 Å². The first-order chi connectivity index (χ1) is 16.1. The molecule has 1 aliphatic rings. The van der Waals surface area contributed by atoms with E-state index in [9.17, 15) is 4.79 Å². The highest BCUT2D eigenvalue weighted by atomic mass is 16.5. The van der Waals surface area contributed by atoms with Gasteiger partial charge in [0.2, 0.25) is 5.78 Å². The second-order valence-electron chi connectivity index (χ2n) is 8.13. The molecule has 0 N–H and O–H groups in total. The zero-order valence-corrected chi connectivity index (χ0v) is 18.9. The third-order valence-electron chi connectivity index (χ3n) is 5.91. The third-order valence-corrected chi connectivity index (χ3v) is 5.91. The summed E-state index contributed by atoms with van der Waals surface area (Å²) in [5.74, 6) is 2.13. The largest absolute Gasteiger partial charge is 0.497 e. The Morgan fingerprint density at radius 1 is 1.00 bits per heavy atom. The fourth-order valence-electron chi connectivity index (χ4n) is 4.06. The number of methoxy groups -OCH3 is 1. The monoisotopic (exact) mass is 439 g/mol. The van der Waals surface area contributed by atoms with Crippen LogP contribution in [-0.4, -0.2) is 17.5 Å². The van der Waals surface area contributed by atoms with Crippen LogP contribution in [0.1, 0.15) is 34.0 Å². The molecule has 2 heterocycles. The van der Waals surface area contributed by atoms with Crippen LogP contribution in [-0.2, 0) is 13.2 Å². The molecule has 1 aromatic heterocycles. The number of carbonyl (C=O) groups excluding carboxylic acids is 1. The molecule has 1 aliphatic heterocycles. The maximum atomic E-state index is 13.0. The predicted molar refractivity (Wildman–Crippen MR) is 129 cm³/mol. The summed E-state index contributed by atoms with van der Waals surface area (Å²) in [6.45, 7) is 5.42. The van der Waals surface area contributed by atoms with E-state index in [1.165, 1.54) is 5.56 Å². The van der Waals surface area contributed by atoms with Crippen LogP contribution >= 0.6 is 0 Å². The number of nitrogens with zero attached hydrogens (tertiary/aromatic N) is 1. The number of ether oxygens (including phenoxy) is 3. The Kier molecular flexibility index (Phi) is 5.38. The number of fused-ring (bicyclic) bond motifs is 2. The van der Waals surface area contributed by atoms with E-state index in [1.807, 2.05) is 48.7 Å². The number of carbonyl (C=O) groups is 1. The van der Waals surface area contributed by atoms with E-state index in [0.717, 1.165) is 34.3 Å². The minimum Gasteiger partial charge on any atom is -0.497 e. The molecule has 33 heavy (non-hydrogen) atoms. The number of ketones is 1. The maximum absolute atomic E-state index is 13.0. The minimum atomic E-state index is -0.129. The van der Waals surface area contributed by atoms with Crippen LogP contribution in [0.4, 0.5) is 0 Å².